The number of rotatable bonds is 7. The molecule has 0 aliphatic carbocycles. The molecule has 2 amide bonds. The van der Waals surface area contributed by atoms with Crippen molar-refractivity contribution < 1.29 is 9.59 Å². The first-order valence-electron chi connectivity index (χ1n) is 7.97. The van der Waals surface area contributed by atoms with Crippen molar-refractivity contribution in [2.24, 2.45) is 0 Å². The summed E-state index contributed by atoms with van der Waals surface area (Å²) in [5, 5.41) is 6.54. The third-order valence-corrected chi connectivity index (χ3v) is 4.38. The van der Waals surface area contributed by atoms with E-state index in [0.717, 1.165) is 16.7 Å². The van der Waals surface area contributed by atoms with Crippen LogP contribution in [0.3, 0.4) is 0 Å². The standard InChI is InChI=1S/C19H20Cl2N2O2/c1-13-4-2-3-5-15(13)10-18(24)23-12-19(25)22-9-8-14-6-7-16(20)11-17(14)21/h2-7,11H,8-10,12H2,1H3,(H,22,25)(H,23,24). The highest BCUT2D eigenvalue weighted by atomic mass is 35.5. The Morgan fingerprint density at radius 2 is 1.72 bits per heavy atom. The summed E-state index contributed by atoms with van der Waals surface area (Å²) in [4.78, 5) is 23.7. The fourth-order valence-electron chi connectivity index (χ4n) is 2.35. The smallest absolute Gasteiger partial charge is 0.239 e. The van der Waals surface area contributed by atoms with Gasteiger partial charge in [-0.2, -0.15) is 0 Å². The van der Waals surface area contributed by atoms with Gasteiger partial charge in [0.15, 0.2) is 0 Å². The van der Waals surface area contributed by atoms with Crippen molar-refractivity contribution in [3.63, 3.8) is 0 Å². The van der Waals surface area contributed by atoms with Gasteiger partial charge in [0, 0.05) is 16.6 Å². The number of aryl methyl sites for hydroxylation is 1. The fraction of sp³-hybridized carbons (Fsp3) is 0.263. The number of amides is 2. The highest BCUT2D eigenvalue weighted by molar-refractivity contribution is 6.35. The zero-order valence-electron chi connectivity index (χ0n) is 13.9. The van der Waals surface area contributed by atoms with Crippen LogP contribution in [0.15, 0.2) is 42.5 Å². The van der Waals surface area contributed by atoms with Gasteiger partial charge in [0.25, 0.3) is 0 Å². The van der Waals surface area contributed by atoms with E-state index in [1.807, 2.05) is 37.3 Å². The molecular formula is C19H20Cl2N2O2. The Hall–Kier alpha value is -2.04. The summed E-state index contributed by atoms with van der Waals surface area (Å²) in [7, 11) is 0. The number of hydrogen-bond acceptors (Lipinski definition) is 2. The summed E-state index contributed by atoms with van der Waals surface area (Å²) < 4.78 is 0. The lowest BCUT2D eigenvalue weighted by Crippen LogP contribution is -2.38. The van der Waals surface area contributed by atoms with Gasteiger partial charge >= 0.3 is 0 Å². The molecule has 2 rings (SSSR count). The van der Waals surface area contributed by atoms with Crippen molar-refractivity contribution in [2.45, 2.75) is 19.8 Å². The maximum Gasteiger partial charge on any atom is 0.239 e. The Morgan fingerprint density at radius 1 is 0.960 bits per heavy atom. The lowest BCUT2D eigenvalue weighted by Gasteiger charge is -2.09. The molecule has 2 N–H and O–H groups in total. The third kappa shape index (κ3) is 6.40. The first kappa shape index (κ1) is 19.3. The van der Waals surface area contributed by atoms with Crippen molar-refractivity contribution in [2.75, 3.05) is 13.1 Å². The molecule has 0 aliphatic heterocycles. The van der Waals surface area contributed by atoms with Crippen molar-refractivity contribution in [3.8, 4) is 0 Å². The fourth-order valence-corrected chi connectivity index (χ4v) is 2.85. The molecule has 2 aromatic rings. The van der Waals surface area contributed by atoms with Crippen molar-refractivity contribution in [1.29, 1.82) is 0 Å². The van der Waals surface area contributed by atoms with E-state index in [0.29, 0.717) is 23.0 Å². The predicted octanol–water partition coefficient (Wildman–Crippen LogP) is 3.32. The van der Waals surface area contributed by atoms with Gasteiger partial charge in [0.1, 0.15) is 0 Å². The van der Waals surface area contributed by atoms with Crippen LogP contribution in [0.4, 0.5) is 0 Å². The largest absolute Gasteiger partial charge is 0.354 e. The molecule has 0 unspecified atom stereocenters. The summed E-state index contributed by atoms with van der Waals surface area (Å²) in [5.41, 5.74) is 2.93. The van der Waals surface area contributed by atoms with E-state index in [9.17, 15) is 9.59 Å². The van der Waals surface area contributed by atoms with Crippen LogP contribution in [-0.4, -0.2) is 24.9 Å². The van der Waals surface area contributed by atoms with Crippen LogP contribution in [0, 0.1) is 6.92 Å². The van der Waals surface area contributed by atoms with Crippen molar-refractivity contribution >= 4 is 35.0 Å². The number of carbonyl (C=O) groups is 2. The zero-order valence-corrected chi connectivity index (χ0v) is 15.5. The summed E-state index contributed by atoms with van der Waals surface area (Å²) in [6.07, 6.45) is 0.860. The molecule has 2 aromatic carbocycles. The molecule has 25 heavy (non-hydrogen) atoms. The first-order valence-corrected chi connectivity index (χ1v) is 8.73. The van der Waals surface area contributed by atoms with Crippen LogP contribution in [0.2, 0.25) is 10.0 Å². The van der Waals surface area contributed by atoms with E-state index < -0.39 is 0 Å². The van der Waals surface area contributed by atoms with Gasteiger partial charge < -0.3 is 10.6 Å². The summed E-state index contributed by atoms with van der Waals surface area (Å²) in [6.45, 7) is 2.35. The first-order chi connectivity index (χ1) is 12.0. The van der Waals surface area contributed by atoms with Gasteiger partial charge in [-0.1, -0.05) is 53.5 Å². The minimum Gasteiger partial charge on any atom is -0.354 e. The topological polar surface area (TPSA) is 58.2 Å². The molecule has 0 radical (unpaired) electrons. The molecule has 0 atom stereocenters. The summed E-state index contributed by atoms with van der Waals surface area (Å²) in [5.74, 6) is -0.409. The van der Waals surface area contributed by atoms with E-state index in [4.69, 9.17) is 23.2 Å². The molecule has 6 heteroatoms. The molecule has 0 aliphatic rings. The van der Waals surface area contributed by atoms with Crippen LogP contribution >= 0.6 is 23.2 Å². The maximum atomic E-state index is 11.9. The Kier molecular flexibility index (Phi) is 7.29. The molecule has 132 valence electrons. The van der Waals surface area contributed by atoms with E-state index in [2.05, 4.69) is 10.6 Å². The maximum absolute atomic E-state index is 11.9. The van der Waals surface area contributed by atoms with Gasteiger partial charge in [0.2, 0.25) is 11.8 Å². The molecule has 0 saturated heterocycles. The second kappa shape index (κ2) is 9.44. The summed E-state index contributed by atoms with van der Waals surface area (Å²) in [6, 6.07) is 13.0. The molecule has 0 saturated carbocycles. The second-order valence-corrected chi connectivity index (χ2v) is 6.56. The molecule has 0 bridgehead atoms. The quantitative estimate of drug-likeness (QED) is 0.776. The highest BCUT2D eigenvalue weighted by Crippen LogP contribution is 2.20. The Bertz CT molecular complexity index is 763. The van der Waals surface area contributed by atoms with Crippen LogP contribution in [0.25, 0.3) is 0 Å². The van der Waals surface area contributed by atoms with Crippen LogP contribution < -0.4 is 10.6 Å². The van der Waals surface area contributed by atoms with E-state index >= 15 is 0 Å². The van der Waals surface area contributed by atoms with E-state index in [1.54, 1.807) is 12.1 Å². The lowest BCUT2D eigenvalue weighted by atomic mass is 10.1. The normalized spacial score (nSPS) is 10.4. The Balaban J connectivity index is 1.70. The highest BCUT2D eigenvalue weighted by Gasteiger charge is 2.08. The van der Waals surface area contributed by atoms with Gasteiger partial charge in [-0.3, -0.25) is 9.59 Å². The Morgan fingerprint density at radius 3 is 2.44 bits per heavy atom. The second-order valence-electron chi connectivity index (χ2n) is 5.72. The molecule has 0 fully saturated rings. The van der Waals surface area contributed by atoms with E-state index in [1.165, 1.54) is 0 Å². The van der Waals surface area contributed by atoms with Gasteiger partial charge in [-0.05, 0) is 42.2 Å². The van der Waals surface area contributed by atoms with Gasteiger partial charge in [-0.15, -0.1) is 0 Å². The summed E-state index contributed by atoms with van der Waals surface area (Å²) >= 11 is 11.9. The number of benzene rings is 2. The molecule has 0 spiro atoms. The van der Waals surface area contributed by atoms with Crippen molar-refractivity contribution in [1.82, 2.24) is 10.6 Å². The Labute approximate surface area is 157 Å². The molecular weight excluding hydrogens is 359 g/mol. The lowest BCUT2D eigenvalue weighted by molar-refractivity contribution is -0.125. The van der Waals surface area contributed by atoms with E-state index in [-0.39, 0.29) is 24.8 Å². The van der Waals surface area contributed by atoms with Gasteiger partial charge in [0.05, 0.1) is 13.0 Å². The van der Waals surface area contributed by atoms with Crippen LogP contribution in [0.1, 0.15) is 16.7 Å². The zero-order chi connectivity index (χ0) is 18.2. The molecule has 4 nitrogen and oxygen atoms in total. The number of carbonyl (C=O) groups excluding carboxylic acids is 2. The number of hydrogen-bond donors (Lipinski definition) is 2. The van der Waals surface area contributed by atoms with Crippen LogP contribution in [-0.2, 0) is 22.4 Å². The molecule has 0 aromatic heterocycles. The third-order valence-electron chi connectivity index (χ3n) is 3.79. The average Bonchev–Trinajstić information content (AvgIpc) is 2.57. The monoisotopic (exact) mass is 378 g/mol. The number of nitrogens with one attached hydrogen (secondary N) is 2. The van der Waals surface area contributed by atoms with Gasteiger partial charge in [-0.25, -0.2) is 0 Å². The van der Waals surface area contributed by atoms with Crippen LogP contribution in [0.5, 0.6) is 0 Å². The minimum atomic E-state index is -0.233. The number of halogens is 2. The average molecular weight is 379 g/mol. The minimum absolute atomic E-state index is 0.0426. The van der Waals surface area contributed by atoms with Crippen molar-refractivity contribution in [3.05, 3.63) is 69.2 Å². The molecule has 0 heterocycles. The SMILES string of the molecule is Cc1ccccc1CC(=O)NCC(=O)NCCc1ccc(Cl)cc1Cl. The predicted molar refractivity (Wildman–Crippen MR) is 101 cm³/mol.